The fourth-order valence-corrected chi connectivity index (χ4v) is 4.83. The maximum Gasteiger partial charge on any atom is 0.573 e. The van der Waals surface area contributed by atoms with Crippen molar-refractivity contribution in [1.29, 1.82) is 0 Å². The lowest BCUT2D eigenvalue weighted by Gasteiger charge is -2.27. The number of aromatic amines is 1. The van der Waals surface area contributed by atoms with Gasteiger partial charge in [0.1, 0.15) is 29.5 Å². The maximum atomic E-state index is 12.6. The van der Waals surface area contributed by atoms with Crippen LogP contribution in [0, 0.1) is 5.92 Å². The summed E-state index contributed by atoms with van der Waals surface area (Å²) in [5, 5.41) is 6.04. The third kappa shape index (κ3) is 5.38. The van der Waals surface area contributed by atoms with Gasteiger partial charge in [0.05, 0.1) is 6.33 Å². The van der Waals surface area contributed by atoms with Gasteiger partial charge in [-0.2, -0.15) is 0 Å². The largest absolute Gasteiger partial charge is 0.573 e. The Morgan fingerprint density at radius 1 is 1.08 bits per heavy atom. The number of rotatable bonds is 8. The van der Waals surface area contributed by atoms with Crippen LogP contribution in [0.2, 0.25) is 0 Å². The molecule has 3 atom stereocenters. The van der Waals surface area contributed by atoms with Crippen molar-refractivity contribution in [2.24, 2.45) is 5.92 Å². The number of aromatic nitrogens is 2. The average molecular weight is 530 g/mol. The molecule has 3 heterocycles. The van der Waals surface area contributed by atoms with Crippen LogP contribution in [0.25, 0.3) is 0 Å². The van der Waals surface area contributed by atoms with Crippen LogP contribution in [0.4, 0.5) is 24.7 Å². The number of carbonyl (C=O) groups is 1. The molecule has 0 spiro atoms. The van der Waals surface area contributed by atoms with E-state index in [9.17, 15) is 22.8 Å². The molecule has 0 aliphatic carbocycles. The van der Waals surface area contributed by atoms with Gasteiger partial charge in [-0.15, -0.1) is 13.2 Å². The van der Waals surface area contributed by atoms with Gasteiger partial charge in [-0.25, -0.2) is 4.98 Å². The van der Waals surface area contributed by atoms with Crippen LogP contribution in [0.1, 0.15) is 43.2 Å². The Balaban J connectivity index is 1.36. The Morgan fingerprint density at radius 2 is 1.79 bits per heavy atom. The molecule has 0 saturated carbocycles. The molecule has 2 aliphatic heterocycles. The molecule has 12 heteroatoms. The van der Waals surface area contributed by atoms with Gasteiger partial charge in [-0.05, 0) is 41.8 Å². The van der Waals surface area contributed by atoms with Crippen molar-refractivity contribution in [3.8, 4) is 11.5 Å². The smallest absolute Gasteiger partial charge is 0.485 e. The van der Waals surface area contributed by atoms with Gasteiger partial charge >= 0.3 is 6.36 Å². The Morgan fingerprint density at radius 3 is 2.42 bits per heavy atom. The maximum absolute atomic E-state index is 12.6. The van der Waals surface area contributed by atoms with E-state index in [1.165, 1.54) is 30.6 Å². The van der Waals surface area contributed by atoms with Crippen molar-refractivity contribution >= 4 is 17.4 Å². The van der Waals surface area contributed by atoms with Crippen LogP contribution in [0.15, 0.2) is 59.7 Å². The van der Waals surface area contributed by atoms with E-state index < -0.39 is 12.5 Å². The third-order valence-corrected chi connectivity index (χ3v) is 6.50. The number of halogens is 3. The molecule has 1 saturated heterocycles. The van der Waals surface area contributed by atoms with Crippen molar-refractivity contribution in [1.82, 2.24) is 15.3 Å². The number of ether oxygens (including phenoxy) is 2. The number of benzene rings is 2. The number of alkyl halides is 3. The molecule has 1 fully saturated rings. The quantitative estimate of drug-likeness (QED) is 0.400. The first kappa shape index (κ1) is 25.4. The van der Waals surface area contributed by atoms with Crippen molar-refractivity contribution in [3.05, 3.63) is 76.3 Å². The fraction of sp³-hybridized carbons (Fsp3) is 0.346. The lowest BCUT2D eigenvalue weighted by molar-refractivity contribution is -0.274. The molecule has 0 bridgehead atoms. The summed E-state index contributed by atoms with van der Waals surface area (Å²) in [4.78, 5) is 33.1. The number of carbonyl (C=O) groups excluding carboxylic acids is 1. The summed E-state index contributed by atoms with van der Waals surface area (Å²) in [5.74, 6) is 0.474. The molecule has 1 amide bonds. The van der Waals surface area contributed by atoms with E-state index in [1.807, 2.05) is 24.0 Å². The van der Waals surface area contributed by atoms with Crippen molar-refractivity contribution < 1.29 is 27.4 Å². The van der Waals surface area contributed by atoms with Gasteiger partial charge in [-0.1, -0.05) is 31.2 Å². The van der Waals surface area contributed by atoms with Crippen molar-refractivity contribution in [3.63, 3.8) is 0 Å². The molecular formula is C26H26F3N5O4. The van der Waals surface area contributed by atoms with Crippen LogP contribution in [0.3, 0.4) is 0 Å². The monoisotopic (exact) mass is 529 g/mol. The fourth-order valence-electron chi connectivity index (χ4n) is 4.83. The number of nitrogens with zero attached hydrogens (tertiary/aromatic N) is 2. The number of hydrogen-bond acceptors (Lipinski definition) is 7. The second-order valence-electron chi connectivity index (χ2n) is 9.16. The Hall–Kier alpha value is -4.22. The average Bonchev–Trinajstić information content (AvgIpc) is 3.47. The summed E-state index contributed by atoms with van der Waals surface area (Å²) in [6.07, 6.45) is -3.17. The summed E-state index contributed by atoms with van der Waals surface area (Å²) in [6.45, 7) is 3.13. The predicted molar refractivity (Wildman–Crippen MR) is 133 cm³/mol. The van der Waals surface area contributed by atoms with Gasteiger partial charge in [-0.3, -0.25) is 9.59 Å². The molecule has 3 N–H and O–H groups in total. The highest BCUT2D eigenvalue weighted by Gasteiger charge is 2.35. The number of nitrogens with one attached hydrogen (secondary N) is 3. The minimum Gasteiger partial charge on any atom is -0.485 e. The predicted octanol–water partition coefficient (Wildman–Crippen LogP) is 4.27. The first-order valence-electron chi connectivity index (χ1n) is 12.2. The minimum atomic E-state index is -4.78. The Kier molecular flexibility index (Phi) is 6.87. The van der Waals surface area contributed by atoms with E-state index in [-0.39, 0.29) is 35.7 Å². The zero-order valence-electron chi connectivity index (χ0n) is 20.4. The molecule has 3 aromatic rings. The zero-order valence-corrected chi connectivity index (χ0v) is 20.4. The zero-order chi connectivity index (χ0) is 26.9. The SMILES string of the molecule is CCCN1c2nc[nH]c(=O)c2NC1c1ccc(OC(c2ccc(OC(F)(F)F)cc2)C2CNC(=O)C2)cc1. The summed E-state index contributed by atoms with van der Waals surface area (Å²) in [7, 11) is 0. The number of H-pyrrole nitrogens is 1. The third-order valence-electron chi connectivity index (χ3n) is 6.50. The Bertz CT molecular complexity index is 1340. The van der Waals surface area contributed by atoms with Crippen LogP contribution >= 0.6 is 0 Å². The second-order valence-corrected chi connectivity index (χ2v) is 9.16. The highest BCUT2D eigenvalue weighted by molar-refractivity contribution is 5.78. The highest BCUT2D eigenvalue weighted by Crippen LogP contribution is 2.39. The van der Waals surface area contributed by atoms with E-state index in [1.54, 1.807) is 12.1 Å². The number of hydrogen-bond donors (Lipinski definition) is 3. The van der Waals surface area contributed by atoms with Crippen LogP contribution < -0.4 is 30.6 Å². The molecule has 2 aliphatic rings. The molecule has 38 heavy (non-hydrogen) atoms. The van der Waals surface area contributed by atoms with E-state index in [0.29, 0.717) is 35.9 Å². The number of amides is 1. The molecule has 1 aromatic heterocycles. The van der Waals surface area contributed by atoms with Gasteiger partial charge in [0.15, 0.2) is 5.82 Å². The van der Waals surface area contributed by atoms with Gasteiger partial charge in [0, 0.05) is 25.4 Å². The van der Waals surface area contributed by atoms with Crippen LogP contribution in [0.5, 0.6) is 11.5 Å². The van der Waals surface area contributed by atoms with Gasteiger partial charge in [0.2, 0.25) is 5.91 Å². The first-order chi connectivity index (χ1) is 18.2. The summed E-state index contributed by atoms with van der Waals surface area (Å²) >= 11 is 0. The van der Waals surface area contributed by atoms with E-state index in [2.05, 4.69) is 25.3 Å². The molecular weight excluding hydrogens is 503 g/mol. The number of fused-ring (bicyclic) bond motifs is 1. The Labute approximate surface area is 216 Å². The molecule has 9 nitrogen and oxygen atoms in total. The molecule has 3 unspecified atom stereocenters. The van der Waals surface area contributed by atoms with Crippen molar-refractivity contribution in [2.75, 3.05) is 23.3 Å². The lowest BCUT2D eigenvalue weighted by Crippen LogP contribution is -2.29. The standard InChI is InChI=1S/C26H26F3N5O4/c1-2-11-34-23(33-21-24(34)31-14-32-25(21)36)16-5-7-18(8-6-16)37-22(17-12-20(35)30-13-17)15-3-9-19(10-4-15)38-26(27,28)29/h3-10,14,17,22-23,33H,2,11-13H2,1H3,(H,30,35)(H,31,32,36). The lowest BCUT2D eigenvalue weighted by atomic mass is 9.94. The van der Waals surface area contributed by atoms with E-state index >= 15 is 0 Å². The molecule has 5 rings (SSSR count). The van der Waals surface area contributed by atoms with Crippen LogP contribution in [-0.4, -0.2) is 35.3 Å². The van der Waals surface area contributed by atoms with Crippen LogP contribution in [-0.2, 0) is 4.79 Å². The normalized spacial score (nSPS) is 19.5. The van der Waals surface area contributed by atoms with Crippen molar-refractivity contribution in [2.45, 2.75) is 38.4 Å². The van der Waals surface area contributed by atoms with E-state index in [0.717, 1.165) is 12.0 Å². The van der Waals surface area contributed by atoms with Gasteiger partial charge in [0.25, 0.3) is 5.56 Å². The second kappa shape index (κ2) is 10.3. The molecule has 2 aromatic carbocycles. The topological polar surface area (TPSA) is 109 Å². The van der Waals surface area contributed by atoms with Gasteiger partial charge < -0.3 is 30.0 Å². The molecule has 0 radical (unpaired) electrons. The summed E-state index contributed by atoms with van der Waals surface area (Å²) in [5.41, 5.74) is 1.69. The summed E-state index contributed by atoms with van der Waals surface area (Å²) in [6, 6.07) is 12.8. The molecule has 200 valence electrons. The van der Waals surface area contributed by atoms with E-state index in [4.69, 9.17) is 4.74 Å². The minimum absolute atomic E-state index is 0.109. The summed E-state index contributed by atoms with van der Waals surface area (Å²) < 4.78 is 48.0. The highest BCUT2D eigenvalue weighted by atomic mass is 19.4. The number of anilines is 2. The first-order valence-corrected chi connectivity index (χ1v) is 12.2.